The van der Waals surface area contributed by atoms with Crippen LogP contribution in [0.15, 0.2) is 36.5 Å². The lowest BCUT2D eigenvalue weighted by Crippen LogP contribution is -2.43. The van der Waals surface area contributed by atoms with Gasteiger partial charge in [0.25, 0.3) is 0 Å². The minimum atomic E-state index is -4.69. The third-order valence-corrected chi connectivity index (χ3v) is 6.69. The van der Waals surface area contributed by atoms with Crippen molar-refractivity contribution in [3.05, 3.63) is 52.9 Å². The molecule has 0 aliphatic carbocycles. The number of fused-ring (bicyclic) bond motifs is 3. The van der Waals surface area contributed by atoms with E-state index in [0.29, 0.717) is 27.9 Å². The third kappa shape index (κ3) is 4.29. The fourth-order valence-electron chi connectivity index (χ4n) is 4.86. The molecular weight excluding hydrogens is 485 g/mol. The van der Waals surface area contributed by atoms with Crippen molar-refractivity contribution in [3.63, 3.8) is 0 Å². The molecule has 8 nitrogen and oxygen atoms in total. The number of nitrogens with zero attached hydrogens (tertiary/aromatic N) is 5. The van der Waals surface area contributed by atoms with Crippen LogP contribution in [0.25, 0.3) is 5.65 Å². The number of hydrogen-bond acceptors (Lipinski definition) is 5. The number of rotatable bonds is 4. The second kappa shape index (κ2) is 8.71. The molecule has 12 heteroatoms. The number of alkyl halides is 3. The summed E-state index contributed by atoms with van der Waals surface area (Å²) >= 11 is 6.03. The van der Waals surface area contributed by atoms with Crippen LogP contribution in [-0.2, 0) is 16.0 Å². The standard InChI is InChI=1S/C23H22ClF3N6O2/c1-31(22(35)14-9-20(34)29-11-14)21(23(25,26)27)13-4-6-15(7-5-13)32-8-2-3-16-17(32)12-28-19-10-18(24)30-33(16)19/h4-7,10,12,14,21H,2-3,8-9,11H2,1H3,(H,29,34)/t14-,21-/m0/s1. The number of aryl methyl sites for hydroxylation is 1. The Morgan fingerprint density at radius 3 is 2.69 bits per heavy atom. The van der Waals surface area contributed by atoms with Gasteiger partial charge < -0.3 is 15.1 Å². The molecular formula is C23H22ClF3N6O2. The predicted molar refractivity (Wildman–Crippen MR) is 122 cm³/mol. The average molecular weight is 507 g/mol. The van der Waals surface area contributed by atoms with Gasteiger partial charge in [-0.2, -0.15) is 18.3 Å². The lowest BCUT2D eigenvalue weighted by molar-refractivity contribution is -0.190. The molecule has 1 N–H and O–H groups in total. The molecule has 1 fully saturated rings. The van der Waals surface area contributed by atoms with E-state index in [2.05, 4.69) is 15.4 Å². The molecule has 35 heavy (non-hydrogen) atoms. The summed E-state index contributed by atoms with van der Waals surface area (Å²) in [7, 11) is 1.13. The quantitative estimate of drug-likeness (QED) is 0.584. The molecule has 2 amide bonds. The number of carbonyl (C=O) groups is 2. The van der Waals surface area contributed by atoms with Crippen LogP contribution in [0, 0.1) is 5.92 Å². The Kier molecular flexibility index (Phi) is 5.82. The van der Waals surface area contributed by atoms with Crippen LogP contribution in [0.3, 0.4) is 0 Å². The minimum Gasteiger partial charge on any atom is -0.355 e. The normalized spacial score (nSPS) is 18.9. The van der Waals surface area contributed by atoms with Gasteiger partial charge >= 0.3 is 6.18 Å². The molecule has 0 unspecified atom stereocenters. The van der Waals surface area contributed by atoms with Crippen molar-refractivity contribution in [1.82, 2.24) is 24.8 Å². The maximum absolute atomic E-state index is 14.1. The van der Waals surface area contributed by atoms with Crippen molar-refractivity contribution in [2.24, 2.45) is 5.92 Å². The molecule has 2 aliphatic rings. The van der Waals surface area contributed by atoms with Crippen molar-refractivity contribution < 1.29 is 22.8 Å². The third-order valence-electron chi connectivity index (χ3n) is 6.51. The van der Waals surface area contributed by atoms with E-state index in [1.54, 1.807) is 28.9 Å². The first-order valence-corrected chi connectivity index (χ1v) is 11.5. The number of anilines is 2. The van der Waals surface area contributed by atoms with Crippen LogP contribution in [0.4, 0.5) is 24.5 Å². The molecule has 0 bridgehead atoms. The van der Waals surface area contributed by atoms with Crippen molar-refractivity contribution in [2.45, 2.75) is 31.5 Å². The van der Waals surface area contributed by atoms with E-state index < -0.39 is 24.0 Å². The molecule has 0 spiro atoms. The van der Waals surface area contributed by atoms with Crippen LogP contribution in [-0.4, -0.2) is 57.6 Å². The van der Waals surface area contributed by atoms with E-state index in [-0.39, 0.29) is 24.4 Å². The maximum atomic E-state index is 14.1. The molecule has 0 radical (unpaired) electrons. The Morgan fingerprint density at radius 1 is 1.29 bits per heavy atom. The van der Waals surface area contributed by atoms with Gasteiger partial charge in [-0.3, -0.25) is 9.59 Å². The van der Waals surface area contributed by atoms with Gasteiger partial charge in [-0.05, 0) is 30.5 Å². The van der Waals surface area contributed by atoms with Crippen LogP contribution >= 0.6 is 11.6 Å². The number of halogens is 4. The number of aromatic nitrogens is 3. The highest BCUT2D eigenvalue weighted by Crippen LogP contribution is 2.40. The van der Waals surface area contributed by atoms with Gasteiger partial charge in [-0.15, -0.1) is 0 Å². The summed E-state index contributed by atoms with van der Waals surface area (Å²) in [6.07, 6.45) is -1.49. The molecule has 4 heterocycles. The lowest BCUT2D eigenvalue weighted by Gasteiger charge is -2.33. The molecule has 1 aromatic carbocycles. The Morgan fingerprint density at radius 2 is 2.03 bits per heavy atom. The summed E-state index contributed by atoms with van der Waals surface area (Å²) in [6.45, 7) is 0.709. The SMILES string of the molecule is CN(C(=O)[C@@H]1CNC(=O)C1)[C@@H](c1ccc(N2CCCc3c2cnc2cc(Cl)nn32)cc1)C(F)(F)F. The van der Waals surface area contributed by atoms with E-state index in [4.69, 9.17) is 11.6 Å². The zero-order valence-electron chi connectivity index (χ0n) is 18.7. The number of hydrogen-bond donors (Lipinski definition) is 1. The summed E-state index contributed by atoms with van der Waals surface area (Å²) < 4.78 is 43.9. The van der Waals surface area contributed by atoms with E-state index >= 15 is 0 Å². The minimum absolute atomic E-state index is 0.0443. The second-order valence-corrected chi connectivity index (χ2v) is 9.16. The van der Waals surface area contributed by atoms with Gasteiger partial charge in [0.05, 0.1) is 23.5 Å². The smallest absolute Gasteiger partial charge is 0.355 e. The molecule has 2 aromatic heterocycles. The van der Waals surface area contributed by atoms with Crippen molar-refractivity contribution >= 4 is 40.4 Å². The highest BCUT2D eigenvalue weighted by Gasteiger charge is 2.47. The van der Waals surface area contributed by atoms with Gasteiger partial charge in [-0.25, -0.2) is 9.50 Å². The van der Waals surface area contributed by atoms with Crippen LogP contribution < -0.4 is 10.2 Å². The summed E-state index contributed by atoms with van der Waals surface area (Å²) in [6, 6.07) is 5.55. The Hall–Kier alpha value is -3.34. The van der Waals surface area contributed by atoms with Crippen LogP contribution in [0.1, 0.15) is 30.1 Å². The summed E-state index contributed by atoms with van der Waals surface area (Å²) in [5, 5.41) is 7.13. The topological polar surface area (TPSA) is 82.8 Å². The summed E-state index contributed by atoms with van der Waals surface area (Å²) in [5.41, 5.74) is 3.02. The first-order valence-electron chi connectivity index (χ1n) is 11.1. The Balaban J connectivity index is 1.44. The summed E-state index contributed by atoms with van der Waals surface area (Å²) in [4.78, 5) is 31.2. The number of nitrogens with one attached hydrogen (secondary N) is 1. The van der Waals surface area contributed by atoms with E-state index in [0.717, 1.165) is 31.3 Å². The zero-order chi connectivity index (χ0) is 24.9. The second-order valence-electron chi connectivity index (χ2n) is 8.77. The van der Waals surface area contributed by atoms with Crippen molar-refractivity contribution in [1.29, 1.82) is 0 Å². The zero-order valence-corrected chi connectivity index (χ0v) is 19.5. The summed E-state index contributed by atoms with van der Waals surface area (Å²) in [5.74, 6) is -1.86. The van der Waals surface area contributed by atoms with Gasteiger partial charge in [0, 0.05) is 38.3 Å². The van der Waals surface area contributed by atoms with Gasteiger partial charge in [-0.1, -0.05) is 23.7 Å². The fourth-order valence-corrected chi connectivity index (χ4v) is 5.03. The molecule has 2 aliphatic heterocycles. The van der Waals surface area contributed by atoms with Gasteiger partial charge in [0.15, 0.2) is 16.8 Å². The number of carbonyl (C=O) groups excluding carboxylic acids is 2. The molecule has 3 aromatic rings. The Labute approximate surface area is 203 Å². The van der Waals surface area contributed by atoms with Gasteiger partial charge in [0.2, 0.25) is 11.8 Å². The monoisotopic (exact) mass is 506 g/mol. The highest BCUT2D eigenvalue weighted by atomic mass is 35.5. The van der Waals surface area contributed by atoms with E-state index in [1.165, 1.54) is 12.1 Å². The first kappa shape index (κ1) is 23.4. The van der Waals surface area contributed by atoms with Gasteiger partial charge in [0.1, 0.15) is 0 Å². The van der Waals surface area contributed by atoms with Crippen LogP contribution in [0.2, 0.25) is 5.15 Å². The van der Waals surface area contributed by atoms with Crippen molar-refractivity contribution in [2.75, 3.05) is 25.0 Å². The number of amides is 2. The maximum Gasteiger partial charge on any atom is 0.413 e. The largest absolute Gasteiger partial charge is 0.413 e. The predicted octanol–water partition coefficient (Wildman–Crippen LogP) is 3.66. The highest BCUT2D eigenvalue weighted by molar-refractivity contribution is 6.29. The number of benzene rings is 1. The lowest BCUT2D eigenvalue weighted by atomic mass is 10.0. The van der Waals surface area contributed by atoms with E-state index in [9.17, 15) is 22.8 Å². The molecule has 0 saturated carbocycles. The fraction of sp³-hybridized carbons (Fsp3) is 0.391. The van der Waals surface area contributed by atoms with Crippen LogP contribution in [0.5, 0.6) is 0 Å². The van der Waals surface area contributed by atoms with E-state index in [1.807, 2.05) is 4.90 Å². The molecule has 5 rings (SSSR count). The molecule has 1 saturated heterocycles. The average Bonchev–Trinajstić information content (AvgIpc) is 3.42. The molecule has 184 valence electrons. The molecule has 2 atom stereocenters. The first-order chi connectivity index (χ1) is 16.6. The Bertz CT molecular complexity index is 1290. The van der Waals surface area contributed by atoms with Crippen molar-refractivity contribution in [3.8, 4) is 0 Å².